The molecule has 1 atom stereocenters. The topological polar surface area (TPSA) is 190 Å². The van der Waals surface area contributed by atoms with Gasteiger partial charge in [-0.3, -0.25) is 5.41 Å². The Hall–Kier alpha value is -3.99. The third-order valence-electron chi connectivity index (χ3n) is 4.29. The average Bonchev–Trinajstić information content (AvgIpc) is 2.79. The smallest absolute Gasteiger partial charge is 0.164 e. The van der Waals surface area contributed by atoms with E-state index >= 15 is 0 Å². The van der Waals surface area contributed by atoms with Gasteiger partial charge in [-0.05, 0) is 51.1 Å². The molecule has 0 bridgehead atoms. The zero-order chi connectivity index (χ0) is 26.4. The van der Waals surface area contributed by atoms with Crippen LogP contribution in [-0.4, -0.2) is 49.3 Å². The van der Waals surface area contributed by atoms with Crippen molar-refractivity contribution in [2.45, 2.75) is 33.2 Å². The number of aliphatic hydroxyl groups excluding tert-OH is 1. The Bertz CT molecular complexity index is 975. The predicted octanol–water partition coefficient (Wildman–Crippen LogP) is 0.189. The highest BCUT2D eigenvalue weighted by atomic mass is 16.5. The van der Waals surface area contributed by atoms with E-state index in [2.05, 4.69) is 5.32 Å². The molecule has 11 nitrogen and oxygen atoms in total. The third-order valence-corrected chi connectivity index (χ3v) is 4.29. The molecule has 0 spiro atoms. The van der Waals surface area contributed by atoms with Crippen LogP contribution in [0.4, 0.5) is 5.69 Å². The molecule has 11 heteroatoms. The number of hydrogen-bond donors (Lipinski definition) is 4. The summed E-state index contributed by atoms with van der Waals surface area (Å²) in [5.41, 5.74) is 6.77. The number of benzene rings is 2. The molecular formula is C24H31N3O8-2. The molecule has 0 amide bonds. The molecule has 0 fully saturated rings. The Morgan fingerprint density at radius 1 is 1.03 bits per heavy atom. The molecule has 2 aromatic carbocycles. The predicted molar refractivity (Wildman–Crippen MR) is 125 cm³/mol. The number of aliphatic hydroxyl groups is 1. The molecule has 5 N–H and O–H groups in total. The number of nitrogens with one attached hydrogen (secondary N) is 2. The Kier molecular flexibility index (Phi) is 12.5. The molecule has 35 heavy (non-hydrogen) atoms. The van der Waals surface area contributed by atoms with Gasteiger partial charge in [-0.1, -0.05) is 0 Å². The molecule has 0 saturated carbocycles. The Balaban J connectivity index is 0.00000142. The van der Waals surface area contributed by atoms with Crippen LogP contribution < -0.4 is 35.5 Å². The molecule has 2 rings (SSSR count). The molecule has 0 saturated heterocycles. The average molecular weight is 490 g/mol. The Labute approximate surface area is 203 Å². The van der Waals surface area contributed by atoms with E-state index in [1.165, 1.54) is 0 Å². The lowest BCUT2D eigenvalue weighted by Gasteiger charge is -2.25. The summed E-state index contributed by atoms with van der Waals surface area (Å²) in [5, 5.41) is 40.4. The van der Waals surface area contributed by atoms with E-state index in [1.54, 1.807) is 36.4 Å². The van der Waals surface area contributed by atoms with Crippen molar-refractivity contribution in [2.24, 2.45) is 5.73 Å². The third kappa shape index (κ3) is 9.80. The first-order valence-corrected chi connectivity index (χ1v) is 10.9. The van der Waals surface area contributed by atoms with Gasteiger partial charge in [-0.2, -0.15) is 0 Å². The van der Waals surface area contributed by atoms with Gasteiger partial charge in [0.25, 0.3) is 0 Å². The van der Waals surface area contributed by atoms with Crippen molar-refractivity contribution in [2.75, 3.05) is 31.7 Å². The highest BCUT2D eigenvalue weighted by Gasteiger charge is 2.22. The van der Waals surface area contributed by atoms with E-state index in [9.17, 15) is 9.90 Å². The van der Waals surface area contributed by atoms with E-state index in [1.807, 2.05) is 13.8 Å². The van der Waals surface area contributed by atoms with Gasteiger partial charge in [0.05, 0.1) is 31.8 Å². The van der Waals surface area contributed by atoms with E-state index in [4.69, 9.17) is 40.4 Å². The lowest BCUT2D eigenvalue weighted by molar-refractivity contribution is -0.307. The minimum Gasteiger partial charge on any atom is -0.550 e. The minimum absolute atomic E-state index is 0.0602. The van der Waals surface area contributed by atoms with Gasteiger partial charge in [-0.15, -0.1) is 0 Å². The van der Waals surface area contributed by atoms with Crippen molar-refractivity contribution in [1.82, 2.24) is 0 Å². The number of hydrogen-bond acceptors (Lipinski definition) is 10. The number of carbonyl (C=O) groups excluding carboxylic acids is 2. The molecule has 0 aliphatic carbocycles. The van der Waals surface area contributed by atoms with Crippen molar-refractivity contribution in [1.29, 1.82) is 5.41 Å². The van der Waals surface area contributed by atoms with Gasteiger partial charge < -0.3 is 50.2 Å². The maximum atomic E-state index is 12.0. The Morgan fingerprint density at radius 2 is 1.57 bits per heavy atom. The zero-order valence-electron chi connectivity index (χ0n) is 20.0. The quantitative estimate of drug-likeness (QED) is 0.172. The van der Waals surface area contributed by atoms with Gasteiger partial charge in [0, 0.05) is 41.9 Å². The fraction of sp³-hybridized carbons (Fsp3) is 0.375. The number of amidine groups is 1. The van der Waals surface area contributed by atoms with Crippen LogP contribution in [0.5, 0.6) is 17.2 Å². The summed E-state index contributed by atoms with van der Waals surface area (Å²) < 4.78 is 17.0. The SMILES string of the molecule is CC(=O)[O-].CCOc1cc(OCCCO)c(C(Nc2ccc(C(=N)N)cc2)C(=O)[O-])cc1OCC. The van der Waals surface area contributed by atoms with Crippen LogP contribution in [0.1, 0.15) is 44.4 Å². The number of carbonyl (C=O) groups is 2. The summed E-state index contributed by atoms with van der Waals surface area (Å²) in [6.45, 7) is 5.49. The number of carboxylic acids is 2. The van der Waals surface area contributed by atoms with Gasteiger partial charge in [0.1, 0.15) is 11.6 Å². The normalized spacial score (nSPS) is 10.9. The maximum absolute atomic E-state index is 12.0. The number of rotatable bonds is 13. The van der Waals surface area contributed by atoms with Gasteiger partial charge >= 0.3 is 0 Å². The van der Waals surface area contributed by atoms with Crippen LogP contribution in [0.3, 0.4) is 0 Å². The van der Waals surface area contributed by atoms with E-state index in [0.717, 1.165) is 6.92 Å². The summed E-state index contributed by atoms with van der Waals surface area (Å²) in [4.78, 5) is 20.9. The van der Waals surface area contributed by atoms with Crippen molar-refractivity contribution < 1.29 is 39.1 Å². The van der Waals surface area contributed by atoms with Crippen LogP contribution in [-0.2, 0) is 9.59 Å². The number of nitrogens with two attached hydrogens (primary N) is 1. The number of ether oxygens (including phenoxy) is 3. The van der Waals surface area contributed by atoms with Crippen LogP contribution in [0, 0.1) is 5.41 Å². The van der Waals surface area contributed by atoms with E-state index in [0.29, 0.717) is 47.9 Å². The highest BCUT2D eigenvalue weighted by molar-refractivity contribution is 5.95. The van der Waals surface area contributed by atoms with Gasteiger partial charge in [0.2, 0.25) is 0 Å². The molecule has 0 aromatic heterocycles. The second kappa shape index (κ2) is 15.0. The second-order valence-electron chi connectivity index (χ2n) is 7.01. The minimum atomic E-state index is -1.37. The lowest BCUT2D eigenvalue weighted by atomic mass is 10.0. The van der Waals surface area contributed by atoms with Crippen LogP contribution >= 0.6 is 0 Å². The van der Waals surface area contributed by atoms with Crippen LogP contribution in [0.2, 0.25) is 0 Å². The van der Waals surface area contributed by atoms with Crippen molar-refractivity contribution >= 4 is 23.5 Å². The molecule has 1 unspecified atom stereocenters. The number of nitrogen functional groups attached to an aromatic ring is 1. The highest BCUT2D eigenvalue weighted by Crippen LogP contribution is 2.39. The number of anilines is 1. The van der Waals surface area contributed by atoms with Crippen LogP contribution in [0.15, 0.2) is 36.4 Å². The lowest BCUT2D eigenvalue weighted by Crippen LogP contribution is -2.34. The molecular weight excluding hydrogens is 458 g/mol. The van der Waals surface area contributed by atoms with Gasteiger partial charge in [0.15, 0.2) is 11.5 Å². The molecule has 0 aliphatic rings. The zero-order valence-corrected chi connectivity index (χ0v) is 20.0. The Morgan fingerprint density at radius 3 is 2.03 bits per heavy atom. The summed E-state index contributed by atoms with van der Waals surface area (Å²) >= 11 is 0. The van der Waals surface area contributed by atoms with Crippen molar-refractivity contribution in [3.05, 3.63) is 47.5 Å². The van der Waals surface area contributed by atoms with Crippen molar-refractivity contribution in [3.63, 3.8) is 0 Å². The summed E-state index contributed by atoms with van der Waals surface area (Å²) in [6.07, 6.45) is 0.381. The van der Waals surface area contributed by atoms with Crippen LogP contribution in [0.25, 0.3) is 0 Å². The first kappa shape index (κ1) is 29.0. The maximum Gasteiger partial charge on any atom is 0.164 e. The fourth-order valence-corrected chi connectivity index (χ4v) is 2.87. The summed E-state index contributed by atoms with van der Waals surface area (Å²) in [6, 6.07) is 8.34. The summed E-state index contributed by atoms with van der Waals surface area (Å²) in [7, 11) is 0. The van der Waals surface area contributed by atoms with Crippen molar-refractivity contribution in [3.8, 4) is 17.2 Å². The number of carboxylic acid groups (broad SMARTS) is 2. The first-order chi connectivity index (χ1) is 16.6. The largest absolute Gasteiger partial charge is 0.550 e. The standard InChI is InChI=1S/C22H29N3O6.C2H4O2/c1-3-29-18-12-16(17(31-11-5-10-26)13-19(18)30-4-2)20(22(27)28)25-15-8-6-14(7-9-15)21(23)24;1-2(3)4/h6-9,12-13,20,25-26H,3-5,10-11H2,1-2H3,(H3,23,24)(H,27,28);1H3,(H,3,4)/p-2. The molecule has 0 heterocycles. The monoisotopic (exact) mass is 489 g/mol. The molecule has 2 aromatic rings. The van der Waals surface area contributed by atoms with E-state index < -0.39 is 18.0 Å². The molecule has 0 aliphatic heterocycles. The second-order valence-corrected chi connectivity index (χ2v) is 7.01. The van der Waals surface area contributed by atoms with Gasteiger partial charge in [-0.25, -0.2) is 0 Å². The molecule has 192 valence electrons. The fourth-order valence-electron chi connectivity index (χ4n) is 2.87. The number of aliphatic carboxylic acids is 2. The summed E-state index contributed by atoms with van der Waals surface area (Å²) in [5.74, 6) is -1.45. The van der Waals surface area contributed by atoms with E-state index in [-0.39, 0.29) is 24.8 Å². The molecule has 0 radical (unpaired) electrons. The first-order valence-electron chi connectivity index (χ1n) is 10.9.